The third-order valence-corrected chi connectivity index (χ3v) is 8.61. The number of amides is 1. The summed E-state index contributed by atoms with van der Waals surface area (Å²) in [4.78, 5) is 40.8. The summed E-state index contributed by atoms with van der Waals surface area (Å²) in [6.07, 6.45) is 0.952. The maximum Gasteiger partial charge on any atom is 0.209 e. The molecule has 0 aliphatic carbocycles. The molecule has 2 fully saturated rings. The lowest BCUT2D eigenvalue weighted by Gasteiger charge is -2.37. The van der Waals surface area contributed by atoms with E-state index >= 15 is 0 Å². The first-order valence-corrected chi connectivity index (χ1v) is 13.4. The van der Waals surface area contributed by atoms with Gasteiger partial charge in [0.2, 0.25) is 6.41 Å². The van der Waals surface area contributed by atoms with Crippen molar-refractivity contribution in [3.63, 3.8) is 0 Å². The van der Waals surface area contributed by atoms with Gasteiger partial charge in [0.25, 0.3) is 0 Å². The third-order valence-electron chi connectivity index (χ3n) is 8.61. The van der Waals surface area contributed by atoms with E-state index < -0.39 is 10.8 Å². The van der Waals surface area contributed by atoms with E-state index in [0.717, 1.165) is 62.9 Å². The Morgan fingerprint density at radius 1 is 0.625 bits per heavy atom. The minimum absolute atomic E-state index is 0.463. The van der Waals surface area contributed by atoms with Crippen LogP contribution in [0.4, 0.5) is 0 Å². The number of nitrogens with zero attached hydrogens (tertiary/aromatic N) is 5. The van der Waals surface area contributed by atoms with Crippen molar-refractivity contribution in [2.75, 3.05) is 26.2 Å². The number of fused-ring (bicyclic) bond motifs is 3. The van der Waals surface area contributed by atoms with E-state index in [-0.39, 0.29) is 0 Å². The summed E-state index contributed by atoms with van der Waals surface area (Å²) in [5.41, 5.74) is 6.23. The second kappa shape index (κ2) is 8.56. The van der Waals surface area contributed by atoms with Crippen molar-refractivity contribution in [1.29, 1.82) is 0 Å². The minimum atomic E-state index is -0.463. The number of nitrogens with one attached hydrogen (secondary N) is 3. The van der Waals surface area contributed by atoms with Crippen molar-refractivity contribution in [2.45, 2.75) is 10.8 Å². The van der Waals surface area contributed by atoms with Gasteiger partial charge in [-0.05, 0) is 48.5 Å². The van der Waals surface area contributed by atoms with Crippen molar-refractivity contribution in [3.8, 4) is 23.0 Å². The van der Waals surface area contributed by atoms with Gasteiger partial charge in [0, 0.05) is 26.2 Å². The molecule has 2 aromatic carbocycles. The van der Waals surface area contributed by atoms with Gasteiger partial charge >= 0.3 is 0 Å². The van der Waals surface area contributed by atoms with Crippen LogP contribution in [0.3, 0.4) is 0 Å². The Kier molecular flexibility index (Phi) is 4.93. The quantitative estimate of drug-likeness (QED) is 0.294. The molecule has 1 amide bonds. The Morgan fingerprint density at radius 3 is 1.60 bits per heavy atom. The lowest BCUT2D eigenvalue weighted by atomic mass is 9.64. The van der Waals surface area contributed by atoms with Crippen molar-refractivity contribution in [1.82, 2.24) is 40.1 Å². The predicted molar refractivity (Wildman–Crippen MR) is 153 cm³/mol. The first-order chi connectivity index (χ1) is 19.7. The second-order valence-corrected chi connectivity index (χ2v) is 10.8. The van der Waals surface area contributed by atoms with Gasteiger partial charge in [-0.3, -0.25) is 4.79 Å². The minimum Gasteiger partial charge on any atom is -0.343 e. The van der Waals surface area contributed by atoms with Gasteiger partial charge in [-0.15, -0.1) is 0 Å². The summed E-state index contributed by atoms with van der Waals surface area (Å²) < 4.78 is 0. The number of benzene rings is 2. The molecule has 8 rings (SSSR count). The van der Waals surface area contributed by atoms with Gasteiger partial charge in [-0.1, -0.05) is 36.4 Å². The summed E-state index contributed by atoms with van der Waals surface area (Å²) in [5.74, 6) is 1.46. The van der Waals surface area contributed by atoms with Gasteiger partial charge in [0.15, 0.2) is 11.6 Å². The smallest absolute Gasteiger partial charge is 0.209 e. The second-order valence-electron chi connectivity index (χ2n) is 10.8. The summed E-state index contributed by atoms with van der Waals surface area (Å²) in [6, 6.07) is 28.1. The van der Waals surface area contributed by atoms with Crippen LogP contribution >= 0.6 is 0 Å². The van der Waals surface area contributed by atoms with Gasteiger partial charge in [0.1, 0.15) is 11.4 Å². The van der Waals surface area contributed by atoms with E-state index in [1.807, 2.05) is 77.7 Å². The molecule has 0 bridgehead atoms. The topological polar surface area (TPSA) is 115 Å². The van der Waals surface area contributed by atoms with Crippen molar-refractivity contribution in [3.05, 3.63) is 96.3 Å². The van der Waals surface area contributed by atoms with E-state index in [4.69, 9.17) is 19.9 Å². The highest BCUT2D eigenvalue weighted by atomic mass is 16.1. The number of para-hydroxylation sites is 4. The highest BCUT2D eigenvalue weighted by Crippen LogP contribution is 2.51. The van der Waals surface area contributed by atoms with Crippen molar-refractivity contribution in [2.24, 2.45) is 0 Å². The van der Waals surface area contributed by atoms with E-state index in [1.165, 1.54) is 0 Å². The highest BCUT2D eigenvalue weighted by Gasteiger charge is 2.64. The molecule has 2 aliphatic rings. The molecule has 0 saturated carbocycles. The average Bonchev–Trinajstić information content (AvgIpc) is 3.77. The number of rotatable bonds is 5. The van der Waals surface area contributed by atoms with Crippen LogP contribution in [-0.4, -0.2) is 67.4 Å². The Labute approximate surface area is 229 Å². The Balaban J connectivity index is 1.26. The molecule has 4 aromatic heterocycles. The van der Waals surface area contributed by atoms with Gasteiger partial charge in [0.05, 0.1) is 44.3 Å². The molecular weight excluding hydrogens is 500 g/mol. The number of aromatic nitrogens is 6. The molecule has 2 aliphatic heterocycles. The zero-order valence-corrected chi connectivity index (χ0v) is 21.6. The third kappa shape index (κ3) is 3.27. The standard InChI is InChI=1S/C31H26N8O/c40-19-39-17-30(26-13-5-11-24(33-26)28-35-20-7-1-2-8-21(20)36-28)15-32-16-31(30,18-39)27-14-6-12-25(34-27)29-37-22-9-3-4-10-23(22)38-29/h1-14,19,32H,15-18H2,(H,35,36)(H,37,38). The monoisotopic (exact) mass is 526 g/mol. The number of carbonyl (C=O) groups excluding carboxylic acids is 1. The Morgan fingerprint density at radius 2 is 1.12 bits per heavy atom. The first kappa shape index (κ1) is 23.0. The molecule has 196 valence electrons. The van der Waals surface area contributed by atoms with Crippen LogP contribution in [0.1, 0.15) is 11.4 Å². The van der Waals surface area contributed by atoms with E-state index in [9.17, 15) is 4.79 Å². The summed E-state index contributed by atoms with van der Waals surface area (Å²) >= 11 is 0. The zero-order chi connectivity index (χ0) is 26.7. The van der Waals surface area contributed by atoms with E-state index in [1.54, 1.807) is 0 Å². The fourth-order valence-corrected chi connectivity index (χ4v) is 6.71. The maximum atomic E-state index is 12.2. The summed E-state index contributed by atoms with van der Waals surface area (Å²) in [6.45, 7) is 2.47. The Bertz CT molecular complexity index is 1710. The molecule has 6 aromatic rings. The normalized spacial score (nSPS) is 22.2. The first-order valence-electron chi connectivity index (χ1n) is 13.4. The molecule has 2 atom stereocenters. The number of aromatic amines is 2. The number of pyridine rings is 2. The molecule has 6 heterocycles. The summed E-state index contributed by atoms with van der Waals surface area (Å²) in [5, 5.41) is 3.64. The van der Waals surface area contributed by atoms with Crippen molar-refractivity contribution >= 4 is 28.5 Å². The van der Waals surface area contributed by atoms with E-state index in [2.05, 4.69) is 27.4 Å². The molecule has 9 heteroatoms. The van der Waals surface area contributed by atoms with Gasteiger partial charge in [-0.2, -0.15) is 0 Å². The zero-order valence-electron chi connectivity index (χ0n) is 21.6. The predicted octanol–water partition coefficient (Wildman–Crippen LogP) is 3.81. The van der Waals surface area contributed by atoms with Crippen LogP contribution in [0.15, 0.2) is 84.9 Å². The highest BCUT2D eigenvalue weighted by molar-refractivity contribution is 5.79. The SMILES string of the molecule is O=CN1CC2(c3cccc(-c4nc5ccccc5[nH]4)n3)CNCC2(c2cccc(-c3nc4ccccc4[nH]3)n2)C1. The number of hydrogen-bond donors (Lipinski definition) is 3. The fraction of sp³-hybridized carbons (Fsp3) is 0.194. The summed E-state index contributed by atoms with van der Waals surface area (Å²) in [7, 11) is 0. The van der Waals surface area contributed by atoms with Gasteiger partial charge < -0.3 is 20.2 Å². The van der Waals surface area contributed by atoms with Crippen LogP contribution in [-0.2, 0) is 15.6 Å². The van der Waals surface area contributed by atoms with E-state index in [0.29, 0.717) is 26.2 Å². The lowest BCUT2D eigenvalue weighted by molar-refractivity contribution is -0.117. The maximum absolute atomic E-state index is 12.2. The molecule has 40 heavy (non-hydrogen) atoms. The van der Waals surface area contributed by atoms with Crippen LogP contribution in [0.25, 0.3) is 45.1 Å². The molecule has 0 radical (unpaired) electrons. The fourth-order valence-electron chi connectivity index (χ4n) is 6.71. The molecule has 3 N–H and O–H groups in total. The number of H-pyrrole nitrogens is 2. The molecule has 2 saturated heterocycles. The number of carbonyl (C=O) groups is 1. The van der Waals surface area contributed by atoms with Crippen LogP contribution in [0.2, 0.25) is 0 Å². The molecular formula is C31H26N8O. The largest absolute Gasteiger partial charge is 0.343 e. The number of likely N-dealkylation sites (tertiary alicyclic amines) is 1. The molecule has 2 unspecified atom stereocenters. The number of imidazole rings is 2. The van der Waals surface area contributed by atoms with Crippen LogP contribution < -0.4 is 5.32 Å². The average molecular weight is 527 g/mol. The molecule has 0 spiro atoms. The van der Waals surface area contributed by atoms with Crippen LogP contribution in [0, 0.1) is 0 Å². The van der Waals surface area contributed by atoms with Crippen molar-refractivity contribution < 1.29 is 4.79 Å². The lowest BCUT2D eigenvalue weighted by Crippen LogP contribution is -2.48. The number of hydrogen-bond acceptors (Lipinski definition) is 6. The van der Waals surface area contributed by atoms with Crippen LogP contribution in [0.5, 0.6) is 0 Å². The van der Waals surface area contributed by atoms with Gasteiger partial charge in [-0.25, -0.2) is 19.9 Å². The Hall–Kier alpha value is -4.89. The molecule has 9 nitrogen and oxygen atoms in total.